The molecule has 0 aromatic heterocycles. The standard InChI is InChI=1S/C15H32N2O/c1-15(2,3)8-5-6-14(18)7-9-17-12-10-16(4)11-13-17/h14,18H,5-13H2,1-4H3/t14-/m1/s1. The molecule has 0 spiro atoms. The van der Waals surface area contributed by atoms with E-state index in [1.807, 2.05) is 0 Å². The summed E-state index contributed by atoms with van der Waals surface area (Å²) in [5.41, 5.74) is 0.400. The highest BCUT2D eigenvalue weighted by atomic mass is 16.3. The third-order valence-electron chi connectivity index (χ3n) is 3.84. The van der Waals surface area contributed by atoms with Gasteiger partial charge in [0.05, 0.1) is 6.10 Å². The smallest absolute Gasteiger partial charge is 0.0552 e. The largest absolute Gasteiger partial charge is 0.393 e. The van der Waals surface area contributed by atoms with Gasteiger partial charge in [-0.05, 0) is 31.7 Å². The van der Waals surface area contributed by atoms with Crippen LogP contribution in [-0.2, 0) is 0 Å². The van der Waals surface area contributed by atoms with Gasteiger partial charge in [-0.1, -0.05) is 27.2 Å². The predicted octanol–water partition coefficient (Wildman–Crippen LogP) is 2.20. The van der Waals surface area contributed by atoms with Gasteiger partial charge in [-0.15, -0.1) is 0 Å². The molecule has 0 saturated carbocycles. The number of hydrogen-bond donors (Lipinski definition) is 1. The predicted molar refractivity (Wildman–Crippen MR) is 77.9 cm³/mol. The Bertz CT molecular complexity index is 217. The Morgan fingerprint density at radius 1 is 1.06 bits per heavy atom. The molecule has 1 atom stereocenters. The normalized spacial score (nSPS) is 21.2. The molecule has 1 fully saturated rings. The van der Waals surface area contributed by atoms with Crippen molar-refractivity contribution in [2.45, 2.75) is 52.6 Å². The van der Waals surface area contributed by atoms with E-state index in [9.17, 15) is 5.11 Å². The lowest BCUT2D eigenvalue weighted by Crippen LogP contribution is -2.45. The van der Waals surface area contributed by atoms with E-state index in [2.05, 4.69) is 37.6 Å². The Morgan fingerprint density at radius 2 is 1.67 bits per heavy atom. The summed E-state index contributed by atoms with van der Waals surface area (Å²) in [5.74, 6) is 0. The van der Waals surface area contributed by atoms with Crippen molar-refractivity contribution in [3.63, 3.8) is 0 Å². The first-order valence-electron chi connectivity index (χ1n) is 7.46. The van der Waals surface area contributed by atoms with E-state index in [0.717, 1.165) is 38.9 Å². The van der Waals surface area contributed by atoms with Crippen molar-refractivity contribution >= 4 is 0 Å². The van der Waals surface area contributed by atoms with E-state index < -0.39 is 0 Å². The van der Waals surface area contributed by atoms with Crippen molar-refractivity contribution in [1.82, 2.24) is 9.80 Å². The van der Waals surface area contributed by atoms with Crippen LogP contribution in [0.2, 0.25) is 0 Å². The fourth-order valence-corrected chi connectivity index (χ4v) is 2.42. The molecule has 0 aromatic carbocycles. The minimum Gasteiger partial charge on any atom is -0.393 e. The zero-order valence-corrected chi connectivity index (χ0v) is 12.8. The lowest BCUT2D eigenvalue weighted by molar-refractivity contribution is 0.104. The monoisotopic (exact) mass is 256 g/mol. The van der Waals surface area contributed by atoms with E-state index in [0.29, 0.717) is 5.41 Å². The molecule has 0 radical (unpaired) electrons. The lowest BCUT2D eigenvalue weighted by atomic mass is 9.89. The van der Waals surface area contributed by atoms with Gasteiger partial charge in [0.2, 0.25) is 0 Å². The van der Waals surface area contributed by atoms with Gasteiger partial charge < -0.3 is 14.9 Å². The van der Waals surface area contributed by atoms with Gasteiger partial charge in [-0.3, -0.25) is 0 Å². The summed E-state index contributed by atoms with van der Waals surface area (Å²) < 4.78 is 0. The second kappa shape index (κ2) is 7.46. The van der Waals surface area contributed by atoms with E-state index in [-0.39, 0.29) is 6.10 Å². The van der Waals surface area contributed by atoms with E-state index in [1.165, 1.54) is 19.5 Å². The quantitative estimate of drug-likeness (QED) is 0.789. The molecule has 18 heavy (non-hydrogen) atoms. The summed E-state index contributed by atoms with van der Waals surface area (Å²) in [6.07, 6.45) is 4.15. The number of aliphatic hydroxyl groups excluding tert-OH is 1. The Labute approximate surface area is 113 Å². The van der Waals surface area contributed by atoms with Crippen LogP contribution < -0.4 is 0 Å². The molecule has 1 rings (SSSR count). The van der Waals surface area contributed by atoms with Crippen LogP contribution in [0, 0.1) is 5.41 Å². The van der Waals surface area contributed by atoms with Crippen LogP contribution in [0.4, 0.5) is 0 Å². The SMILES string of the molecule is CN1CCN(CC[C@H](O)CCCC(C)(C)C)CC1. The van der Waals surface area contributed by atoms with Crippen molar-refractivity contribution in [2.24, 2.45) is 5.41 Å². The summed E-state index contributed by atoms with van der Waals surface area (Å²) in [6.45, 7) is 12.5. The number of hydrogen-bond acceptors (Lipinski definition) is 3. The second-order valence-electron chi connectivity index (χ2n) is 7.04. The average Bonchev–Trinajstić information content (AvgIpc) is 2.26. The third kappa shape index (κ3) is 7.34. The van der Waals surface area contributed by atoms with Crippen LogP contribution in [0.1, 0.15) is 46.5 Å². The fraction of sp³-hybridized carbons (Fsp3) is 1.00. The van der Waals surface area contributed by atoms with Crippen LogP contribution in [0.3, 0.4) is 0 Å². The van der Waals surface area contributed by atoms with Crippen LogP contribution in [0.25, 0.3) is 0 Å². The molecule has 1 aliphatic heterocycles. The first-order chi connectivity index (χ1) is 8.37. The van der Waals surface area contributed by atoms with Crippen LogP contribution in [0.15, 0.2) is 0 Å². The molecule has 0 bridgehead atoms. The van der Waals surface area contributed by atoms with Gasteiger partial charge in [0.15, 0.2) is 0 Å². The van der Waals surface area contributed by atoms with E-state index in [1.54, 1.807) is 0 Å². The second-order valence-corrected chi connectivity index (χ2v) is 7.04. The Morgan fingerprint density at radius 3 is 2.22 bits per heavy atom. The summed E-state index contributed by atoms with van der Waals surface area (Å²) in [5, 5.41) is 9.99. The summed E-state index contributed by atoms with van der Waals surface area (Å²) in [4.78, 5) is 4.85. The highest BCUT2D eigenvalue weighted by Gasteiger charge is 2.15. The maximum atomic E-state index is 9.99. The van der Waals surface area contributed by atoms with Gasteiger partial charge in [-0.25, -0.2) is 0 Å². The zero-order chi connectivity index (χ0) is 13.6. The molecule has 0 unspecified atom stereocenters. The van der Waals surface area contributed by atoms with Crippen molar-refractivity contribution in [1.29, 1.82) is 0 Å². The fourth-order valence-electron chi connectivity index (χ4n) is 2.42. The number of aliphatic hydroxyl groups is 1. The van der Waals surface area contributed by atoms with Gasteiger partial charge in [0, 0.05) is 32.7 Å². The van der Waals surface area contributed by atoms with Crippen molar-refractivity contribution in [3.8, 4) is 0 Å². The molecule has 0 aliphatic carbocycles. The number of nitrogens with zero attached hydrogens (tertiary/aromatic N) is 2. The molecule has 1 aliphatic rings. The Kier molecular flexibility index (Phi) is 6.61. The number of rotatable bonds is 6. The highest BCUT2D eigenvalue weighted by molar-refractivity contribution is 4.71. The molecule has 1 N–H and O–H groups in total. The third-order valence-corrected chi connectivity index (χ3v) is 3.84. The summed E-state index contributed by atoms with van der Waals surface area (Å²) in [6, 6.07) is 0. The minimum absolute atomic E-state index is 0.105. The lowest BCUT2D eigenvalue weighted by Gasteiger charge is -2.32. The molecule has 3 heteroatoms. The van der Waals surface area contributed by atoms with Crippen molar-refractivity contribution in [2.75, 3.05) is 39.8 Å². The van der Waals surface area contributed by atoms with E-state index >= 15 is 0 Å². The van der Waals surface area contributed by atoms with Crippen LogP contribution in [0.5, 0.6) is 0 Å². The summed E-state index contributed by atoms with van der Waals surface area (Å²) >= 11 is 0. The number of piperazine rings is 1. The Balaban J connectivity index is 2.04. The molecule has 3 nitrogen and oxygen atoms in total. The maximum Gasteiger partial charge on any atom is 0.0552 e. The van der Waals surface area contributed by atoms with Gasteiger partial charge in [0.25, 0.3) is 0 Å². The molecule has 108 valence electrons. The first-order valence-corrected chi connectivity index (χ1v) is 7.46. The average molecular weight is 256 g/mol. The van der Waals surface area contributed by atoms with Gasteiger partial charge in [0.1, 0.15) is 0 Å². The van der Waals surface area contributed by atoms with Crippen LogP contribution >= 0.6 is 0 Å². The highest BCUT2D eigenvalue weighted by Crippen LogP contribution is 2.22. The van der Waals surface area contributed by atoms with Gasteiger partial charge >= 0.3 is 0 Å². The van der Waals surface area contributed by atoms with Crippen molar-refractivity contribution in [3.05, 3.63) is 0 Å². The molecule has 0 amide bonds. The van der Waals surface area contributed by atoms with Crippen LogP contribution in [-0.4, -0.2) is 60.8 Å². The molecule has 0 aromatic rings. The molecular formula is C15H32N2O. The van der Waals surface area contributed by atoms with Gasteiger partial charge in [-0.2, -0.15) is 0 Å². The topological polar surface area (TPSA) is 26.7 Å². The molecule has 1 heterocycles. The first kappa shape index (κ1) is 15.9. The Hall–Kier alpha value is -0.120. The minimum atomic E-state index is -0.105. The molecule has 1 saturated heterocycles. The molecular weight excluding hydrogens is 224 g/mol. The maximum absolute atomic E-state index is 9.99. The summed E-state index contributed by atoms with van der Waals surface area (Å²) in [7, 11) is 2.18. The van der Waals surface area contributed by atoms with Crippen molar-refractivity contribution < 1.29 is 5.11 Å². The zero-order valence-electron chi connectivity index (χ0n) is 12.8. The van der Waals surface area contributed by atoms with E-state index in [4.69, 9.17) is 0 Å². The number of likely N-dealkylation sites (N-methyl/N-ethyl adjacent to an activating group) is 1.